The third-order valence-corrected chi connectivity index (χ3v) is 3.61. The van der Waals surface area contributed by atoms with Gasteiger partial charge in [-0.25, -0.2) is 0 Å². The van der Waals surface area contributed by atoms with Crippen molar-refractivity contribution in [3.8, 4) is 0 Å². The average molecular weight is 295 g/mol. The van der Waals surface area contributed by atoms with E-state index in [0.717, 1.165) is 31.5 Å². The van der Waals surface area contributed by atoms with E-state index in [2.05, 4.69) is 10.2 Å². The number of hydrogen-bond donors (Lipinski definition) is 1. The summed E-state index contributed by atoms with van der Waals surface area (Å²) in [5.74, 6) is -0.823. The lowest BCUT2D eigenvalue weighted by Gasteiger charge is -2.32. The Hall–Kier alpha value is -2.02. The summed E-state index contributed by atoms with van der Waals surface area (Å²) in [5, 5.41) is 13.5. The summed E-state index contributed by atoms with van der Waals surface area (Å²) >= 11 is 0. The first-order valence-corrected chi connectivity index (χ1v) is 6.88. The molecule has 114 valence electrons. The van der Waals surface area contributed by atoms with Crippen molar-refractivity contribution in [3.63, 3.8) is 0 Å². The zero-order valence-electron chi connectivity index (χ0n) is 11.8. The van der Waals surface area contributed by atoms with Crippen LogP contribution in [0.3, 0.4) is 0 Å². The van der Waals surface area contributed by atoms with Crippen molar-refractivity contribution in [3.05, 3.63) is 39.7 Å². The maximum Gasteiger partial charge on any atom is 0.304 e. The highest BCUT2D eigenvalue weighted by atomic mass is 19.1. The standard InChI is InChI=1S/C14H18FN3O3/c1-10(19)16-12-4-6-17(7-5-12)9-11-2-3-14(18(20)21)13(15)8-11/h2-3,8,12H,4-7,9H2,1H3,(H,16,19). The minimum atomic E-state index is -0.800. The van der Waals surface area contributed by atoms with Crippen LogP contribution >= 0.6 is 0 Å². The molecule has 0 aromatic heterocycles. The first-order chi connectivity index (χ1) is 9.95. The predicted octanol–water partition coefficient (Wildman–Crippen LogP) is 1.83. The Morgan fingerprint density at radius 3 is 2.67 bits per heavy atom. The Balaban J connectivity index is 1.90. The number of hydrogen-bond acceptors (Lipinski definition) is 4. The van der Waals surface area contributed by atoms with Crippen molar-refractivity contribution in [2.24, 2.45) is 0 Å². The molecular formula is C14H18FN3O3. The second-order valence-corrected chi connectivity index (χ2v) is 5.29. The zero-order chi connectivity index (χ0) is 15.4. The molecule has 7 heteroatoms. The van der Waals surface area contributed by atoms with Gasteiger partial charge in [-0.05, 0) is 24.5 Å². The lowest BCUT2D eigenvalue weighted by molar-refractivity contribution is -0.387. The Bertz CT molecular complexity index is 542. The molecular weight excluding hydrogens is 277 g/mol. The molecule has 0 unspecified atom stereocenters. The van der Waals surface area contributed by atoms with Gasteiger partial charge in [0.25, 0.3) is 0 Å². The molecule has 0 atom stereocenters. The van der Waals surface area contributed by atoms with E-state index in [9.17, 15) is 19.3 Å². The molecule has 0 aliphatic carbocycles. The fourth-order valence-corrected chi connectivity index (χ4v) is 2.58. The molecule has 1 aromatic rings. The fraction of sp³-hybridized carbons (Fsp3) is 0.500. The van der Waals surface area contributed by atoms with Gasteiger partial charge in [0.1, 0.15) is 0 Å². The number of benzene rings is 1. The zero-order valence-corrected chi connectivity index (χ0v) is 11.8. The summed E-state index contributed by atoms with van der Waals surface area (Å²) in [7, 11) is 0. The highest BCUT2D eigenvalue weighted by molar-refractivity contribution is 5.73. The van der Waals surface area contributed by atoms with Crippen LogP contribution in [0.4, 0.5) is 10.1 Å². The normalized spacial score (nSPS) is 16.7. The largest absolute Gasteiger partial charge is 0.354 e. The van der Waals surface area contributed by atoms with Gasteiger partial charge in [-0.15, -0.1) is 0 Å². The van der Waals surface area contributed by atoms with E-state index in [1.807, 2.05) is 0 Å². The first-order valence-electron chi connectivity index (χ1n) is 6.88. The smallest absolute Gasteiger partial charge is 0.304 e. The summed E-state index contributed by atoms with van der Waals surface area (Å²) in [6.07, 6.45) is 1.71. The first kappa shape index (κ1) is 15.4. The van der Waals surface area contributed by atoms with Crippen LogP contribution in [0.15, 0.2) is 18.2 Å². The number of likely N-dealkylation sites (tertiary alicyclic amines) is 1. The number of carbonyl (C=O) groups is 1. The summed E-state index contributed by atoms with van der Waals surface area (Å²) in [6.45, 7) is 3.68. The second-order valence-electron chi connectivity index (χ2n) is 5.29. The number of amides is 1. The van der Waals surface area contributed by atoms with E-state index in [1.165, 1.54) is 19.1 Å². The number of rotatable bonds is 4. The molecule has 1 heterocycles. The fourth-order valence-electron chi connectivity index (χ4n) is 2.58. The number of nitro groups is 1. The highest BCUT2D eigenvalue weighted by Crippen LogP contribution is 2.20. The van der Waals surface area contributed by atoms with Crippen LogP contribution in [0.25, 0.3) is 0 Å². The highest BCUT2D eigenvalue weighted by Gasteiger charge is 2.20. The minimum Gasteiger partial charge on any atom is -0.354 e. The van der Waals surface area contributed by atoms with Crippen molar-refractivity contribution in [2.75, 3.05) is 13.1 Å². The Labute approximate surface area is 122 Å². The van der Waals surface area contributed by atoms with E-state index in [-0.39, 0.29) is 11.9 Å². The van der Waals surface area contributed by atoms with Gasteiger partial charge in [0, 0.05) is 38.7 Å². The van der Waals surface area contributed by atoms with E-state index in [0.29, 0.717) is 6.54 Å². The molecule has 1 fully saturated rings. The molecule has 1 aromatic carbocycles. The van der Waals surface area contributed by atoms with Crippen LogP contribution in [-0.2, 0) is 11.3 Å². The lowest BCUT2D eigenvalue weighted by atomic mass is 10.0. The second kappa shape index (κ2) is 6.62. The van der Waals surface area contributed by atoms with Gasteiger partial charge in [-0.1, -0.05) is 6.07 Å². The third kappa shape index (κ3) is 4.22. The summed E-state index contributed by atoms with van der Waals surface area (Å²) in [6, 6.07) is 4.21. The summed E-state index contributed by atoms with van der Waals surface area (Å²) in [4.78, 5) is 23.0. The van der Waals surface area contributed by atoms with Crippen LogP contribution in [0.1, 0.15) is 25.3 Å². The van der Waals surface area contributed by atoms with Gasteiger partial charge >= 0.3 is 5.69 Å². The Kier molecular flexibility index (Phi) is 4.85. The quantitative estimate of drug-likeness (QED) is 0.679. The molecule has 0 bridgehead atoms. The Morgan fingerprint density at radius 1 is 1.48 bits per heavy atom. The van der Waals surface area contributed by atoms with Crippen LogP contribution in [0.5, 0.6) is 0 Å². The van der Waals surface area contributed by atoms with E-state index >= 15 is 0 Å². The molecule has 1 aliphatic heterocycles. The minimum absolute atomic E-state index is 0.0223. The Morgan fingerprint density at radius 2 is 2.14 bits per heavy atom. The average Bonchev–Trinajstić information content (AvgIpc) is 2.40. The number of piperidine rings is 1. The van der Waals surface area contributed by atoms with Gasteiger partial charge in [-0.3, -0.25) is 19.8 Å². The molecule has 0 radical (unpaired) electrons. The van der Waals surface area contributed by atoms with Gasteiger partial charge in [0.05, 0.1) is 4.92 Å². The van der Waals surface area contributed by atoms with Gasteiger partial charge in [0.15, 0.2) is 0 Å². The van der Waals surface area contributed by atoms with Crippen molar-refractivity contribution < 1.29 is 14.1 Å². The van der Waals surface area contributed by atoms with Crippen molar-refractivity contribution in [2.45, 2.75) is 32.4 Å². The molecule has 1 saturated heterocycles. The van der Waals surface area contributed by atoms with Gasteiger partial charge in [0.2, 0.25) is 11.7 Å². The van der Waals surface area contributed by atoms with E-state index < -0.39 is 16.4 Å². The van der Waals surface area contributed by atoms with Crippen molar-refractivity contribution in [1.82, 2.24) is 10.2 Å². The molecule has 1 N–H and O–H groups in total. The number of carbonyl (C=O) groups excluding carboxylic acids is 1. The van der Waals surface area contributed by atoms with Crippen LogP contribution in [-0.4, -0.2) is 34.9 Å². The van der Waals surface area contributed by atoms with Crippen LogP contribution in [0, 0.1) is 15.9 Å². The van der Waals surface area contributed by atoms with Crippen molar-refractivity contribution >= 4 is 11.6 Å². The monoisotopic (exact) mass is 295 g/mol. The number of nitrogens with one attached hydrogen (secondary N) is 1. The lowest BCUT2D eigenvalue weighted by Crippen LogP contribution is -2.43. The maximum absolute atomic E-state index is 13.6. The van der Waals surface area contributed by atoms with Gasteiger partial charge < -0.3 is 5.32 Å². The number of nitro benzene ring substituents is 1. The number of halogens is 1. The van der Waals surface area contributed by atoms with Crippen LogP contribution in [0.2, 0.25) is 0 Å². The van der Waals surface area contributed by atoms with E-state index in [4.69, 9.17) is 0 Å². The molecule has 0 spiro atoms. The van der Waals surface area contributed by atoms with Crippen LogP contribution < -0.4 is 5.32 Å². The molecule has 2 rings (SSSR count). The summed E-state index contributed by atoms with van der Waals surface area (Å²) < 4.78 is 13.6. The number of nitrogens with zero attached hydrogens (tertiary/aromatic N) is 2. The van der Waals surface area contributed by atoms with Crippen molar-refractivity contribution in [1.29, 1.82) is 0 Å². The summed E-state index contributed by atoms with van der Waals surface area (Å²) in [5.41, 5.74) is 0.221. The molecule has 1 aliphatic rings. The predicted molar refractivity (Wildman–Crippen MR) is 75.2 cm³/mol. The molecule has 6 nitrogen and oxygen atoms in total. The maximum atomic E-state index is 13.6. The molecule has 0 saturated carbocycles. The molecule has 21 heavy (non-hydrogen) atoms. The molecule has 1 amide bonds. The third-order valence-electron chi connectivity index (χ3n) is 3.61. The SMILES string of the molecule is CC(=O)NC1CCN(Cc2ccc([N+](=O)[O-])c(F)c2)CC1. The topological polar surface area (TPSA) is 75.5 Å². The van der Waals surface area contributed by atoms with Gasteiger partial charge in [-0.2, -0.15) is 4.39 Å². The van der Waals surface area contributed by atoms with E-state index in [1.54, 1.807) is 6.07 Å².